The number of alkyl halides is 2. The van der Waals surface area contributed by atoms with E-state index in [1.807, 2.05) is 0 Å². The van der Waals surface area contributed by atoms with Crippen LogP contribution in [-0.4, -0.2) is 27.2 Å². The van der Waals surface area contributed by atoms with E-state index in [0.29, 0.717) is 0 Å². The molecule has 0 aliphatic heterocycles. The highest BCUT2D eigenvalue weighted by Crippen LogP contribution is 2.28. The fraction of sp³-hybridized carbons (Fsp3) is 0.583. The van der Waals surface area contributed by atoms with Crippen molar-refractivity contribution in [2.45, 2.75) is 44.3 Å². The molecule has 96 valence electrons. The summed E-state index contributed by atoms with van der Waals surface area (Å²) in [5.74, 6) is -2.85. The van der Waals surface area contributed by atoms with Crippen LogP contribution < -0.4 is 0 Å². The van der Waals surface area contributed by atoms with Crippen molar-refractivity contribution in [3.8, 4) is 0 Å². The van der Waals surface area contributed by atoms with Crippen molar-refractivity contribution in [1.29, 1.82) is 0 Å². The van der Waals surface area contributed by atoms with Crippen LogP contribution in [0.4, 0.5) is 8.78 Å². The molecular formula is C12H17F2NO2. The van der Waals surface area contributed by atoms with Crippen molar-refractivity contribution in [2.24, 2.45) is 0 Å². The number of hydrogen-bond acceptors (Lipinski definition) is 3. The standard InChI is InChI=1S/C12H17F2NO2/c1-11(13,14)7-6-10(16)12(2,17)9-5-3-4-8-15-9/h3-5,8,10,16-17H,6-7H2,1-2H3/t10-,12+/m1/s1. The monoisotopic (exact) mass is 245 g/mol. The van der Waals surface area contributed by atoms with Gasteiger partial charge in [0, 0.05) is 12.6 Å². The maximum Gasteiger partial charge on any atom is 0.245 e. The van der Waals surface area contributed by atoms with Crippen LogP contribution in [-0.2, 0) is 5.60 Å². The zero-order valence-electron chi connectivity index (χ0n) is 9.90. The largest absolute Gasteiger partial charge is 0.390 e. The van der Waals surface area contributed by atoms with Gasteiger partial charge in [-0.25, -0.2) is 8.78 Å². The molecule has 3 nitrogen and oxygen atoms in total. The summed E-state index contributed by atoms with van der Waals surface area (Å²) in [6, 6.07) is 4.89. The van der Waals surface area contributed by atoms with Crippen LogP contribution in [0.25, 0.3) is 0 Å². The minimum Gasteiger partial charge on any atom is -0.390 e. The Bertz CT molecular complexity index is 349. The van der Waals surface area contributed by atoms with Crippen LogP contribution in [0.3, 0.4) is 0 Å². The first-order valence-electron chi connectivity index (χ1n) is 5.43. The summed E-state index contributed by atoms with van der Waals surface area (Å²) in [5, 5.41) is 19.9. The highest BCUT2D eigenvalue weighted by molar-refractivity contribution is 5.13. The first kappa shape index (κ1) is 14.0. The van der Waals surface area contributed by atoms with Crippen LogP contribution in [0.15, 0.2) is 24.4 Å². The smallest absolute Gasteiger partial charge is 0.245 e. The molecular weight excluding hydrogens is 228 g/mol. The maximum atomic E-state index is 12.7. The van der Waals surface area contributed by atoms with Gasteiger partial charge in [-0.15, -0.1) is 0 Å². The predicted molar refractivity (Wildman–Crippen MR) is 59.7 cm³/mol. The lowest BCUT2D eigenvalue weighted by Gasteiger charge is -2.29. The lowest BCUT2D eigenvalue weighted by atomic mass is 9.90. The predicted octanol–water partition coefficient (Wildman–Crippen LogP) is 2.09. The van der Waals surface area contributed by atoms with E-state index >= 15 is 0 Å². The van der Waals surface area contributed by atoms with Gasteiger partial charge in [-0.05, 0) is 32.4 Å². The third-order valence-electron chi connectivity index (χ3n) is 2.69. The fourth-order valence-corrected chi connectivity index (χ4v) is 1.50. The summed E-state index contributed by atoms with van der Waals surface area (Å²) >= 11 is 0. The van der Waals surface area contributed by atoms with Crippen molar-refractivity contribution in [2.75, 3.05) is 0 Å². The van der Waals surface area contributed by atoms with E-state index in [1.54, 1.807) is 18.2 Å². The van der Waals surface area contributed by atoms with E-state index in [2.05, 4.69) is 4.98 Å². The number of aliphatic hydroxyl groups excluding tert-OH is 1. The summed E-state index contributed by atoms with van der Waals surface area (Å²) in [4.78, 5) is 3.92. The summed E-state index contributed by atoms with van der Waals surface area (Å²) < 4.78 is 25.3. The second-order valence-electron chi connectivity index (χ2n) is 4.49. The minimum atomic E-state index is -2.85. The van der Waals surface area contributed by atoms with E-state index < -0.39 is 24.0 Å². The van der Waals surface area contributed by atoms with Gasteiger partial charge in [-0.2, -0.15) is 0 Å². The van der Waals surface area contributed by atoms with Crippen LogP contribution in [0.1, 0.15) is 32.4 Å². The van der Waals surface area contributed by atoms with Crippen molar-refractivity contribution >= 4 is 0 Å². The molecule has 0 spiro atoms. The number of hydrogen-bond donors (Lipinski definition) is 2. The van der Waals surface area contributed by atoms with Crippen molar-refractivity contribution in [1.82, 2.24) is 4.98 Å². The lowest BCUT2D eigenvalue weighted by Crippen LogP contribution is -2.38. The van der Waals surface area contributed by atoms with Crippen molar-refractivity contribution < 1.29 is 19.0 Å². The quantitative estimate of drug-likeness (QED) is 0.835. The molecule has 1 aromatic heterocycles. The van der Waals surface area contributed by atoms with Crippen molar-refractivity contribution in [3.05, 3.63) is 30.1 Å². The average Bonchev–Trinajstić information content (AvgIpc) is 2.26. The molecule has 17 heavy (non-hydrogen) atoms. The zero-order chi connectivity index (χ0) is 13.1. The van der Waals surface area contributed by atoms with Gasteiger partial charge < -0.3 is 10.2 Å². The third-order valence-corrected chi connectivity index (χ3v) is 2.69. The van der Waals surface area contributed by atoms with E-state index in [0.717, 1.165) is 6.92 Å². The molecule has 0 fully saturated rings. The summed E-state index contributed by atoms with van der Waals surface area (Å²) in [7, 11) is 0. The number of pyridine rings is 1. The normalized spacial score (nSPS) is 17.5. The van der Waals surface area contributed by atoms with Gasteiger partial charge in [0.05, 0.1) is 11.8 Å². The van der Waals surface area contributed by atoms with Gasteiger partial charge in [0.25, 0.3) is 0 Å². The highest BCUT2D eigenvalue weighted by atomic mass is 19.3. The first-order valence-corrected chi connectivity index (χ1v) is 5.43. The molecule has 5 heteroatoms. The molecule has 0 amide bonds. The molecule has 0 bridgehead atoms. The average molecular weight is 245 g/mol. The van der Waals surface area contributed by atoms with Gasteiger partial charge in [-0.1, -0.05) is 6.07 Å². The lowest BCUT2D eigenvalue weighted by molar-refractivity contribution is -0.0869. The Balaban J connectivity index is 2.71. The van der Waals surface area contributed by atoms with E-state index in [-0.39, 0.29) is 12.1 Å². The van der Waals surface area contributed by atoms with Gasteiger partial charge in [0.15, 0.2) is 0 Å². The van der Waals surface area contributed by atoms with Gasteiger partial charge >= 0.3 is 0 Å². The van der Waals surface area contributed by atoms with Crippen molar-refractivity contribution in [3.63, 3.8) is 0 Å². The molecule has 0 saturated carbocycles. The first-order chi connectivity index (χ1) is 7.73. The third kappa shape index (κ3) is 4.02. The van der Waals surface area contributed by atoms with E-state index in [1.165, 1.54) is 13.1 Å². The maximum absolute atomic E-state index is 12.7. The summed E-state index contributed by atoms with van der Waals surface area (Å²) in [5.41, 5.74) is -1.35. The number of aromatic nitrogens is 1. The molecule has 0 aliphatic carbocycles. The number of nitrogens with zero attached hydrogens (tertiary/aromatic N) is 1. The molecule has 0 aliphatic rings. The Hall–Kier alpha value is -1.07. The van der Waals surface area contributed by atoms with Crippen LogP contribution >= 0.6 is 0 Å². The van der Waals surface area contributed by atoms with Gasteiger partial charge in [0.1, 0.15) is 5.60 Å². The van der Waals surface area contributed by atoms with Crippen LogP contribution in [0.5, 0.6) is 0 Å². The minimum absolute atomic E-state index is 0.187. The number of aliphatic hydroxyl groups is 2. The topological polar surface area (TPSA) is 53.4 Å². The second kappa shape index (κ2) is 5.06. The van der Waals surface area contributed by atoms with Crippen LogP contribution in [0, 0.1) is 0 Å². The van der Waals surface area contributed by atoms with E-state index in [4.69, 9.17) is 0 Å². The Morgan fingerprint density at radius 2 is 2.00 bits per heavy atom. The molecule has 1 heterocycles. The molecule has 0 radical (unpaired) electrons. The molecule has 0 unspecified atom stereocenters. The second-order valence-corrected chi connectivity index (χ2v) is 4.49. The highest BCUT2D eigenvalue weighted by Gasteiger charge is 2.35. The SMILES string of the molecule is CC(F)(F)CC[C@@H](O)[C@@](C)(O)c1ccccn1. The Kier molecular flexibility index (Phi) is 4.16. The molecule has 1 aromatic rings. The Morgan fingerprint density at radius 3 is 2.47 bits per heavy atom. The molecule has 1 rings (SSSR count). The van der Waals surface area contributed by atoms with E-state index in [9.17, 15) is 19.0 Å². The molecule has 2 atom stereocenters. The van der Waals surface area contributed by atoms with Gasteiger partial charge in [-0.3, -0.25) is 4.98 Å². The fourth-order valence-electron chi connectivity index (χ4n) is 1.50. The molecule has 0 saturated heterocycles. The Morgan fingerprint density at radius 1 is 1.35 bits per heavy atom. The summed E-state index contributed by atoms with van der Waals surface area (Å²) in [6.45, 7) is 2.16. The summed E-state index contributed by atoms with van der Waals surface area (Å²) in [6.07, 6.45) is -0.460. The zero-order valence-corrected chi connectivity index (χ0v) is 9.90. The van der Waals surface area contributed by atoms with Crippen LogP contribution in [0.2, 0.25) is 0 Å². The number of halogens is 2. The molecule has 0 aromatic carbocycles. The van der Waals surface area contributed by atoms with Gasteiger partial charge in [0.2, 0.25) is 5.92 Å². The Labute approximate surface area is 99.1 Å². The number of rotatable bonds is 5. The molecule has 2 N–H and O–H groups in total.